The van der Waals surface area contributed by atoms with Gasteiger partial charge in [-0.05, 0) is 30.0 Å². The SMILES string of the molecule is O=C(CNC(=O)NCc1ccccc1)NNC(=O)CN1CCCc2ccccc21. The Bertz CT molecular complexity index is 856. The van der Waals surface area contributed by atoms with Crippen molar-refractivity contribution in [3.05, 3.63) is 65.7 Å². The lowest BCUT2D eigenvalue weighted by Gasteiger charge is -2.30. The van der Waals surface area contributed by atoms with Crippen molar-refractivity contribution < 1.29 is 14.4 Å². The van der Waals surface area contributed by atoms with Crippen LogP contribution in [0.4, 0.5) is 10.5 Å². The van der Waals surface area contributed by atoms with Gasteiger partial charge in [-0.3, -0.25) is 20.4 Å². The molecule has 0 spiro atoms. The molecule has 4 amide bonds. The molecular formula is C21H25N5O3. The second-order valence-corrected chi connectivity index (χ2v) is 6.77. The first-order chi connectivity index (χ1) is 14.1. The van der Waals surface area contributed by atoms with E-state index in [4.69, 9.17) is 0 Å². The Kier molecular flexibility index (Phi) is 7.05. The van der Waals surface area contributed by atoms with Gasteiger partial charge in [-0.15, -0.1) is 0 Å². The predicted molar refractivity (Wildman–Crippen MR) is 110 cm³/mol. The quantitative estimate of drug-likeness (QED) is 0.550. The smallest absolute Gasteiger partial charge is 0.315 e. The lowest BCUT2D eigenvalue weighted by molar-refractivity contribution is -0.127. The summed E-state index contributed by atoms with van der Waals surface area (Å²) in [6.45, 7) is 1.07. The number of carbonyl (C=O) groups is 3. The molecule has 0 aliphatic carbocycles. The molecule has 0 unspecified atom stereocenters. The predicted octanol–water partition coefficient (Wildman–Crippen LogP) is 1.09. The number of urea groups is 1. The highest BCUT2D eigenvalue weighted by Gasteiger charge is 2.18. The summed E-state index contributed by atoms with van der Waals surface area (Å²) in [6.07, 6.45) is 1.99. The van der Waals surface area contributed by atoms with Crippen LogP contribution >= 0.6 is 0 Å². The van der Waals surface area contributed by atoms with Crippen molar-refractivity contribution in [3.63, 3.8) is 0 Å². The van der Waals surface area contributed by atoms with Gasteiger partial charge in [-0.25, -0.2) is 4.79 Å². The minimum Gasteiger partial charge on any atom is -0.362 e. The van der Waals surface area contributed by atoms with Crippen LogP contribution in [0.25, 0.3) is 0 Å². The summed E-state index contributed by atoms with van der Waals surface area (Å²) in [5.41, 5.74) is 7.94. The molecule has 0 atom stereocenters. The first-order valence-electron chi connectivity index (χ1n) is 9.58. The Labute approximate surface area is 169 Å². The number of para-hydroxylation sites is 1. The second kappa shape index (κ2) is 10.1. The number of anilines is 1. The van der Waals surface area contributed by atoms with Gasteiger partial charge >= 0.3 is 6.03 Å². The zero-order valence-corrected chi connectivity index (χ0v) is 16.1. The fraction of sp³-hybridized carbons (Fsp3) is 0.286. The highest BCUT2D eigenvalue weighted by Crippen LogP contribution is 2.26. The van der Waals surface area contributed by atoms with E-state index in [9.17, 15) is 14.4 Å². The Hall–Kier alpha value is -3.55. The minimum atomic E-state index is -0.507. The highest BCUT2D eigenvalue weighted by molar-refractivity contribution is 5.87. The van der Waals surface area contributed by atoms with Crippen LogP contribution in [0, 0.1) is 0 Å². The number of rotatable bonds is 6. The monoisotopic (exact) mass is 395 g/mol. The van der Waals surface area contributed by atoms with E-state index in [1.165, 1.54) is 5.56 Å². The molecule has 1 aliphatic rings. The Balaban J connectivity index is 1.34. The van der Waals surface area contributed by atoms with Gasteiger partial charge in [0.1, 0.15) is 6.54 Å². The fourth-order valence-electron chi connectivity index (χ4n) is 3.17. The molecule has 0 aromatic heterocycles. The van der Waals surface area contributed by atoms with Crippen LogP contribution in [0.2, 0.25) is 0 Å². The van der Waals surface area contributed by atoms with Crippen LogP contribution in [-0.2, 0) is 22.6 Å². The number of nitrogens with one attached hydrogen (secondary N) is 4. The summed E-state index contributed by atoms with van der Waals surface area (Å²) in [4.78, 5) is 37.7. The number of benzene rings is 2. The topological polar surface area (TPSA) is 103 Å². The molecule has 0 radical (unpaired) electrons. The third-order valence-electron chi connectivity index (χ3n) is 4.59. The number of hydrogen-bond acceptors (Lipinski definition) is 4. The van der Waals surface area contributed by atoms with Gasteiger partial charge in [0.15, 0.2) is 0 Å². The molecule has 1 heterocycles. The molecule has 0 saturated carbocycles. The molecule has 2 aromatic rings. The number of amides is 4. The van der Waals surface area contributed by atoms with Crippen LogP contribution < -0.4 is 26.4 Å². The average Bonchev–Trinajstić information content (AvgIpc) is 2.76. The van der Waals surface area contributed by atoms with E-state index < -0.39 is 11.9 Å². The van der Waals surface area contributed by atoms with Crippen LogP contribution in [0.15, 0.2) is 54.6 Å². The Morgan fingerprint density at radius 3 is 2.41 bits per heavy atom. The third kappa shape index (κ3) is 6.24. The minimum absolute atomic E-state index is 0.155. The number of carbonyl (C=O) groups excluding carboxylic acids is 3. The van der Waals surface area contributed by atoms with Crippen molar-refractivity contribution in [1.29, 1.82) is 0 Å². The zero-order chi connectivity index (χ0) is 20.5. The molecule has 0 bridgehead atoms. The van der Waals surface area contributed by atoms with Gasteiger partial charge < -0.3 is 15.5 Å². The van der Waals surface area contributed by atoms with Gasteiger partial charge in [0.05, 0.1) is 6.54 Å². The number of nitrogens with zero attached hydrogens (tertiary/aromatic N) is 1. The molecule has 8 nitrogen and oxygen atoms in total. The van der Waals surface area contributed by atoms with Crippen LogP contribution in [0.3, 0.4) is 0 Å². The van der Waals surface area contributed by atoms with Gasteiger partial charge in [0.2, 0.25) is 0 Å². The zero-order valence-electron chi connectivity index (χ0n) is 16.1. The van der Waals surface area contributed by atoms with Crippen molar-refractivity contribution in [2.45, 2.75) is 19.4 Å². The van der Waals surface area contributed by atoms with Crippen molar-refractivity contribution in [2.75, 3.05) is 24.5 Å². The molecule has 152 valence electrons. The summed E-state index contributed by atoms with van der Waals surface area (Å²) >= 11 is 0. The molecule has 2 aromatic carbocycles. The molecule has 0 saturated heterocycles. The normalized spacial score (nSPS) is 12.5. The van der Waals surface area contributed by atoms with Crippen LogP contribution in [-0.4, -0.2) is 37.5 Å². The third-order valence-corrected chi connectivity index (χ3v) is 4.59. The van der Waals surface area contributed by atoms with E-state index in [0.717, 1.165) is 30.6 Å². The fourth-order valence-corrected chi connectivity index (χ4v) is 3.17. The number of hydrogen-bond donors (Lipinski definition) is 4. The molecule has 3 rings (SSSR count). The first-order valence-corrected chi connectivity index (χ1v) is 9.58. The van der Waals surface area contributed by atoms with Crippen molar-refractivity contribution in [1.82, 2.24) is 21.5 Å². The average molecular weight is 395 g/mol. The summed E-state index contributed by atoms with van der Waals surface area (Å²) in [6, 6.07) is 17.0. The van der Waals surface area contributed by atoms with Gasteiger partial charge in [-0.2, -0.15) is 0 Å². The standard InChI is InChI=1S/C21H25N5O3/c27-19(14-23-21(29)22-13-16-7-2-1-3-8-16)24-25-20(28)15-26-12-6-10-17-9-4-5-11-18(17)26/h1-5,7-9,11H,6,10,12-15H2,(H,24,27)(H,25,28)(H2,22,23,29). The molecule has 8 heteroatoms. The first kappa shape index (κ1) is 20.2. The van der Waals surface area contributed by atoms with E-state index in [1.807, 2.05) is 53.4 Å². The maximum atomic E-state index is 12.2. The summed E-state index contributed by atoms with van der Waals surface area (Å²) in [7, 11) is 0. The van der Waals surface area contributed by atoms with E-state index in [-0.39, 0.29) is 19.0 Å². The van der Waals surface area contributed by atoms with E-state index >= 15 is 0 Å². The van der Waals surface area contributed by atoms with Crippen molar-refractivity contribution in [3.8, 4) is 0 Å². The number of hydrazine groups is 1. The van der Waals surface area contributed by atoms with E-state index in [1.54, 1.807) is 0 Å². The van der Waals surface area contributed by atoms with Crippen LogP contribution in [0.5, 0.6) is 0 Å². The van der Waals surface area contributed by atoms with Gasteiger partial charge in [-0.1, -0.05) is 48.5 Å². The van der Waals surface area contributed by atoms with Crippen LogP contribution in [0.1, 0.15) is 17.5 Å². The lowest BCUT2D eigenvalue weighted by Crippen LogP contribution is -2.50. The Morgan fingerprint density at radius 2 is 1.59 bits per heavy atom. The molecule has 4 N–H and O–H groups in total. The molecule has 0 fully saturated rings. The maximum Gasteiger partial charge on any atom is 0.315 e. The van der Waals surface area contributed by atoms with E-state index in [2.05, 4.69) is 27.6 Å². The molecular weight excluding hydrogens is 370 g/mol. The van der Waals surface area contributed by atoms with Crippen molar-refractivity contribution >= 4 is 23.5 Å². The lowest BCUT2D eigenvalue weighted by atomic mass is 10.0. The summed E-state index contributed by atoms with van der Waals surface area (Å²) in [5.74, 6) is -0.823. The second-order valence-electron chi connectivity index (χ2n) is 6.77. The van der Waals surface area contributed by atoms with Gasteiger partial charge in [0, 0.05) is 18.8 Å². The molecule has 29 heavy (non-hydrogen) atoms. The Morgan fingerprint density at radius 1 is 0.862 bits per heavy atom. The maximum absolute atomic E-state index is 12.2. The van der Waals surface area contributed by atoms with E-state index in [0.29, 0.717) is 6.54 Å². The summed E-state index contributed by atoms with van der Waals surface area (Å²) < 4.78 is 0. The largest absolute Gasteiger partial charge is 0.362 e. The van der Waals surface area contributed by atoms with Crippen molar-refractivity contribution in [2.24, 2.45) is 0 Å². The number of fused-ring (bicyclic) bond motifs is 1. The highest BCUT2D eigenvalue weighted by atomic mass is 16.2. The summed E-state index contributed by atoms with van der Waals surface area (Å²) in [5, 5.41) is 5.11. The van der Waals surface area contributed by atoms with Gasteiger partial charge in [0.25, 0.3) is 11.8 Å². The number of aryl methyl sites for hydroxylation is 1. The molecule has 1 aliphatic heterocycles.